The molecule has 3 heterocycles. The molecule has 3 unspecified atom stereocenters. The quantitative estimate of drug-likeness (QED) is 0.813. The number of amides is 1. The molecule has 2 fully saturated rings. The summed E-state index contributed by atoms with van der Waals surface area (Å²) in [6.07, 6.45) is 9.93. The van der Waals surface area contributed by atoms with Gasteiger partial charge in [0.2, 0.25) is 0 Å². The summed E-state index contributed by atoms with van der Waals surface area (Å²) in [5.41, 5.74) is 1.91. The van der Waals surface area contributed by atoms with Gasteiger partial charge in [0, 0.05) is 30.1 Å². The SMILES string of the molecule is C=C(Cl)/C=C(\C=C/C)C12CC1CN(C(=O)c1cnn3c1NCCC3C)C2. The zero-order chi connectivity index (χ0) is 18.5. The van der Waals surface area contributed by atoms with Crippen LogP contribution >= 0.6 is 11.6 Å². The first-order chi connectivity index (χ1) is 12.5. The third-order valence-electron chi connectivity index (χ3n) is 5.96. The number of likely N-dealkylation sites (tertiary alicyclic amines) is 1. The van der Waals surface area contributed by atoms with Crippen molar-refractivity contribution in [2.75, 3.05) is 25.0 Å². The highest BCUT2D eigenvalue weighted by atomic mass is 35.5. The molecule has 5 nitrogen and oxygen atoms in total. The second kappa shape index (κ2) is 6.31. The molecule has 1 aliphatic carbocycles. The van der Waals surface area contributed by atoms with Crippen LogP contribution in [0.2, 0.25) is 0 Å². The van der Waals surface area contributed by atoms with Gasteiger partial charge in [0.15, 0.2) is 0 Å². The van der Waals surface area contributed by atoms with Crippen LogP contribution in [-0.4, -0.2) is 40.2 Å². The maximum atomic E-state index is 13.1. The Balaban J connectivity index is 1.57. The number of carbonyl (C=O) groups excluding carboxylic acids is 1. The number of aromatic nitrogens is 2. The molecule has 2 aliphatic heterocycles. The molecule has 1 N–H and O–H groups in total. The molecule has 0 radical (unpaired) electrons. The van der Waals surface area contributed by atoms with Crippen molar-refractivity contribution in [3.8, 4) is 0 Å². The first-order valence-electron chi connectivity index (χ1n) is 9.26. The normalized spacial score (nSPS) is 30.1. The Morgan fingerprint density at radius 2 is 2.35 bits per heavy atom. The zero-order valence-corrected chi connectivity index (χ0v) is 16.1. The van der Waals surface area contributed by atoms with Crippen LogP contribution in [0.1, 0.15) is 43.1 Å². The summed E-state index contributed by atoms with van der Waals surface area (Å²) in [6, 6.07) is 0.324. The van der Waals surface area contributed by atoms with Crippen LogP contribution < -0.4 is 5.32 Å². The molecule has 1 saturated carbocycles. The molecule has 6 heteroatoms. The maximum Gasteiger partial charge on any atom is 0.259 e. The summed E-state index contributed by atoms with van der Waals surface area (Å²) in [5.74, 6) is 1.44. The van der Waals surface area contributed by atoms with Gasteiger partial charge in [-0.05, 0) is 44.3 Å². The number of nitrogens with zero attached hydrogens (tertiary/aromatic N) is 3. The monoisotopic (exact) mass is 372 g/mol. The van der Waals surface area contributed by atoms with Crippen molar-refractivity contribution < 1.29 is 4.79 Å². The van der Waals surface area contributed by atoms with E-state index in [0.29, 0.717) is 22.6 Å². The number of halogens is 1. The minimum atomic E-state index is 0.0357. The van der Waals surface area contributed by atoms with Crippen LogP contribution in [0.3, 0.4) is 0 Å². The number of carbonyl (C=O) groups is 1. The molecule has 138 valence electrons. The minimum absolute atomic E-state index is 0.0357. The lowest BCUT2D eigenvalue weighted by molar-refractivity contribution is 0.0770. The summed E-state index contributed by atoms with van der Waals surface area (Å²) in [4.78, 5) is 15.1. The van der Waals surface area contributed by atoms with Crippen LogP contribution in [-0.2, 0) is 0 Å². The van der Waals surface area contributed by atoms with Gasteiger partial charge in [-0.2, -0.15) is 5.10 Å². The fourth-order valence-corrected chi connectivity index (χ4v) is 4.63. The van der Waals surface area contributed by atoms with E-state index in [2.05, 4.69) is 30.0 Å². The summed E-state index contributed by atoms with van der Waals surface area (Å²) in [6.45, 7) is 10.4. The molecule has 1 aromatic rings. The second-order valence-corrected chi connectivity index (χ2v) is 8.19. The van der Waals surface area contributed by atoms with Crippen LogP contribution in [0, 0.1) is 11.3 Å². The maximum absolute atomic E-state index is 13.1. The highest BCUT2D eigenvalue weighted by molar-refractivity contribution is 6.30. The topological polar surface area (TPSA) is 50.2 Å². The molecule has 0 aromatic carbocycles. The van der Waals surface area contributed by atoms with Gasteiger partial charge in [-0.1, -0.05) is 30.3 Å². The van der Waals surface area contributed by atoms with E-state index >= 15 is 0 Å². The molecule has 1 saturated heterocycles. The van der Waals surface area contributed by atoms with Crippen molar-refractivity contribution >= 4 is 23.3 Å². The Morgan fingerprint density at radius 1 is 1.54 bits per heavy atom. The van der Waals surface area contributed by atoms with Gasteiger partial charge in [-0.15, -0.1) is 0 Å². The molecule has 0 bridgehead atoms. The molecule has 3 aliphatic rings. The van der Waals surface area contributed by atoms with E-state index < -0.39 is 0 Å². The van der Waals surface area contributed by atoms with Crippen molar-refractivity contribution in [1.82, 2.24) is 14.7 Å². The van der Waals surface area contributed by atoms with E-state index in [9.17, 15) is 4.79 Å². The number of hydrogen-bond donors (Lipinski definition) is 1. The smallest absolute Gasteiger partial charge is 0.259 e. The third-order valence-corrected chi connectivity index (χ3v) is 6.07. The van der Waals surface area contributed by atoms with E-state index in [0.717, 1.165) is 38.3 Å². The van der Waals surface area contributed by atoms with Crippen LogP contribution in [0.4, 0.5) is 5.82 Å². The largest absolute Gasteiger partial charge is 0.370 e. The van der Waals surface area contributed by atoms with Gasteiger partial charge in [0.25, 0.3) is 5.91 Å². The zero-order valence-electron chi connectivity index (χ0n) is 15.3. The second-order valence-electron chi connectivity index (χ2n) is 7.71. The van der Waals surface area contributed by atoms with Gasteiger partial charge in [-0.3, -0.25) is 4.79 Å². The highest BCUT2D eigenvalue weighted by Crippen LogP contribution is 2.63. The van der Waals surface area contributed by atoms with Crippen LogP contribution in [0.25, 0.3) is 0 Å². The van der Waals surface area contributed by atoms with Crippen molar-refractivity contribution in [3.05, 3.63) is 47.2 Å². The first kappa shape index (κ1) is 17.4. The average molecular weight is 373 g/mol. The Hall–Kier alpha value is -2.01. The molecular weight excluding hydrogens is 348 g/mol. The predicted octanol–water partition coefficient (Wildman–Crippen LogP) is 3.98. The van der Waals surface area contributed by atoms with Gasteiger partial charge in [-0.25, -0.2) is 4.68 Å². The molecule has 4 rings (SSSR count). The van der Waals surface area contributed by atoms with Crippen molar-refractivity contribution in [2.45, 2.75) is 32.7 Å². The van der Waals surface area contributed by atoms with E-state index in [4.69, 9.17) is 11.6 Å². The predicted molar refractivity (Wildman–Crippen MR) is 104 cm³/mol. The summed E-state index contributed by atoms with van der Waals surface area (Å²) in [7, 11) is 0. The molecular formula is C20H25ClN4O. The fourth-order valence-electron chi connectivity index (χ4n) is 4.51. The fraction of sp³-hybridized carbons (Fsp3) is 0.500. The Morgan fingerprint density at radius 3 is 3.08 bits per heavy atom. The van der Waals surface area contributed by atoms with Gasteiger partial charge in [0.1, 0.15) is 11.4 Å². The number of fused-ring (bicyclic) bond motifs is 2. The van der Waals surface area contributed by atoms with Gasteiger partial charge in [0.05, 0.1) is 12.2 Å². The summed E-state index contributed by atoms with van der Waals surface area (Å²) < 4.78 is 1.94. The molecule has 1 amide bonds. The highest BCUT2D eigenvalue weighted by Gasteiger charge is 2.62. The number of nitrogens with one attached hydrogen (secondary N) is 1. The Bertz CT molecular complexity index is 824. The lowest BCUT2D eigenvalue weighted by Gasteiger charge is -2.25. The summed E-state index contributed by atoms with van der Waals surface area (Å²) >= 11 is 6.04. The molecule has 3 atom stereocenters. The number of anilines is 1. The van der Waals surface area contributed by atoms with E-state index in [1.165, 1.54) is 5.57 Å². The standard InChI is InChI=1S/C20H25ClN4O/c1-4-5-15(8-13(2)21)20-9-16(20)11-24(12-20)19(26)17-10-23-25-14(3)6-7-22-18(17)25/h4-5,8,10,14,16,22H,2,6-7,9,11-12H2,1,3H3/b5-4-,15-8+. The number of piperidine rings is 1. The Labute approximate surface area is 159 Å². The lowest BCUT2D eigenvalue weighted by atomic mass is 9.93. The number of allylic oxidation sites excluding steroid dienone is 4. The average Bonchev–Trinajstić information content (AvgIpc) is 2.96. The third kappa shape index (κ3) is 2.69. The van der Waals surface area contributed by atoms with Crippen molar-refractivity contribution in [1.29, 1.82) is 0 Å². The van der Waals surface area contributed by atoms with Crippen LogP contribution in [0.15, 0.2) is 41.6 Å². The molecule has 26 heavy (non-hydrogen) atoms. The number of hydrogen-bond acceptors (Lipinski definition) is 3. The van der Waals surface area contributed by atoms with E-state index in [1.807, 2.05) is 28.7 Å². The van der Waals surface area contributed by atoms with Crippen molar-refractivity contribution in [2.24, 2.45) is 11.3 Å². The summed E-state index contributed by atoms with van der Waals surface area (Å²) in [5, 5.41) is 8.32. The van der Waals surface area contributed by atoms with Crippen LogP contribution in [0.5, 0.6) is 0 Å². The lowest BCUT2D eigenvalue weighted by Crippen LogP contribution is -2.33. The molecule has 1 aromatic heterocycles. The van der Waals surface area contributed by atoms with E-state index in [-0.39, 0.29) is 11.3 Å². The van der Waals surface area contributed by atoms with Gasteiger partial charge >= 0.3 is 0 Å². The number of rotatable bonds is 4. The molecule has 0 spiro atoms. The van der Waals surface area contributed by atoms with E-state index in [1.54, 1.807) is 6.20 Å². The minimum Gasteiger partial charge on any atom is -0.370 e. The van der Waals surface area contributed by atoms with Gasteiger partial charge < -0.3 is 10.2 Å². The van der Waals surface area contributed by atoms with Crippen molar-refractivity contribution in [3.63, 3.8) is 0 Å². The first-order valence-corrected chi connectivity index (χ1v) is 9.64. The Kier molecular flexibility index (Phi) is 4.22.